The highest BCUT2D eigenvalue weighted by atomic mass is 32.2. The van der Waals surface area contributed by atoms with Gasteiger partial charge in [-0.25, -0.2) is 17.8 Å². The molecule has 1 heterocycles. The third kappa shape index (κ3) is 6.72. The van der Waals surface area contributed by atoms with E-state index in [0.717, 1.165) is 0 Å². The quantitative estimate of drug-likeness (QED) is 0.313. The number of thiocarbonyl (C=S) groups is 1. The number of aromatic nitrogens is 2. The van der Waals surface area contributed by atoms with Gasteiger partial charge in [0.15, 0.2) is 5.11 Å². The SMILES string of the molecule is C=CCN(Cc1cnc(S(=O)(=O)Cc2ccccc2)n1CCOC)C(=S)Nc1ccc(F)cc1. The van der Waals surface area contributed by atoms with Crippen LogP contribution in [0, 0.1) is 5.82 Å². The third-order valence-corrected chi connectivity index (χ3v) is 6.94. The Hall–Kier alpha value is -3.08. The molecule has 0 unspecified atom stereocenters. The predicted octanol–water partition coefficient (Wildman–Crippen LogP) is 4.03. The molecule has 0 bridgehead atoms. The number of methoxy groups -OCH3 is 1. The zero-order valence-electron chi connectivity index (χ0n) is 18.9. The second-order valence-electron chi connectivity index (χ2n) is 7.53. The van der Waals surface area contributed by atoms with E-state index in [2.05, 4.69) is 16.9 Å². The molecular weight excluding hydrogens is 475 g/mol. The number of rotatable bonds is 11. The lowest BCUT2D eigenvalue weighted by Gasteiger charge is -2.25. The second-order valence-corrected chi connectivity index (χ2v) is 9.80. The number of anilines is 1. The summed E-state index contributed by atoms with van der Waals surface area (Å²) in [5, 5.41) is 3.45. The van der Waals surface area contributed by atoms with Crippen LogP contribution in [0.2, 0.25) is 0 Å². The molecule has 1 aromatic heterocycles. The largest absolute Gasteiger partial charge is 0.383 e. The summed E-state index contributed by atoms with van der Waals surface area (Å²) in [4.78, 5) is 6.08. The molecule has 7 nitrogen and oxygen atoms in total. The Balaban J connectivity index is 1.86. The Labute approximate surface area is 204 Å². The van der Waals surface area contributed by atoms with Gasteiger partial charge in [-0.15, -0.1) is 6.58 Å². The van der Waals surface area contributed by atoms with Crippen molar-refractivity contribution in [3.63, 3.8) is 0 Å². The van der Waals surface area contributed by atoms with Gasteiger partial charge in [0.1, 0.15) is 5.82 Å². The molecule has 0 saturated carbocycles. The van der Waals surface area contributed by atoms with Gasteiger partial charge in [0, 0.05) is 25.9 Å². The van der Waals surface area contributed by atoms with Crippen molar-refractivity contribution in [2.75, 3.05) is 25.6 Å². The number of hydrogen-bond donors (Lipinski definition) is 1. The maximum atomic E-state index is 13.2. The third-order valence-electron chi connectivity index (χ3n) is 4.98. The number of halogens is 1. The molecule has 0 saturated heterocycles. The minimum atomic E-state index is -3.70. The maximum Gasteiger partial charge on any atom is 0.228 e. The molecule has 10 heteroatoms. The van der Waals surface area contributed by atoms with Crippen LogP contribution >= 0.6 is 12.2 Å². The lowest BCUT2D eigenvalue weighted by molar-refractivity contribution is 0.183. The van der Waals surface area contributed by atoms with Gasteiger partial charge in [0.2, 0.25) is 15.0 Å². The lowest BCUT2D eigenvalue weighted by Crippen LogP contribution is -2.35. The molecular formula is C24H27FN4O3S2. The number of hydrogen-bond acceptors (Lipinski definition) is 5. The van der Waals surface area contributed by atoms with Gasteiger partial charge >= 0.3 is 0 Å². The molecule has 0 fully saturated rings. The van der Waals surface area contributed by atoms with Gasteiger partial charge in [-0.3, -0.25) is 0 Å². The highest BCUT2D eigenvalue weighted by Crippen LogP contribution is 2.19. The van der Waals surface area contributed by atoms with Gasteiger partial charge in [-0.2, -0.15) is 0 Å². The summed E-state index contributed by atoms with van der Waals surface area (Å²) >= 11 is 5.55. The summed E-state index contributed by atoms with van der Waals surface area (Å²) in [6.45, 7) is 5.12. The first-order valence-corrected chi connectivity index (χ1v) is 12.6. The Kier molecular flexibility index (Phi) is 8.91. The molecule has 0 aliphatic heterocycles. The van der Waals surface area contributed by atoms with E-state index >= 15 is 0 Å². The first-order chi connectivity index (χ1) is 16.3. The fraction of sp³-hybridized carbons (Fsp3) is 0.250. The fourth-order valence-corrected chi connectivity index (χ4v) is 5.13. The van der Waals surface area contributed by atoms with Crippen molar-refractivity contribution in [2.45, 2.75) is 24.0 Å². The number of sulfone groups is 1. The summed E-state index contributed by atoms with van der Waals surface area (Å²) in [5.74, 6) is -0.497. The van der Waals surface area contributed by atoms with Crippen molar-refractivity contribution in [2.24, 2.45) is 0 Å². The van der Waals surface area contributed by atoms with Crippen LogP contribution in [0.25, 0.3) is 0 Å². The highest BCUT2D eigenvalue weighted by Gasteiger charge is 2.25. The molecule has 0 aliphatic rings. The van der Waals surface area contributed by atoms with E-state index in [4.69, 9.17) is 17.0 Å². The smallest absolute Gasteiger partial charge is 0.228 e. The molecule has 0 atom stereocenters. The number of ether oxygens (including phenoxy) is 1. The van der Waals surface area contributed by atoms with Crippen LogP contribution < -0.4 is 5.32 Å². The fourth-order valence-electron chi connectivity index (χ4n) is 3.35. The van der Waals surface area contributed by atoms with Crippen molar-refractivity contribution in [3.05, 3.63) is 90.5 Å². The van der Waals surface area contributed by atoms with E-state index in [-0.39, 0.29) is 23.3 Å². The number of imidazole rings is 1. The van der Waals surface area contributed by atoms with Crippen LogP contribution in [0.3, 0.4) is 0 Å². The van der Waals surface area contributed by atoms with Gasteiger partial charge in [0.05, 0.1) is 30.8 Å². The number of benzene rings is 2. The van der Waals surface area contributed by atoms with Crippen LogP contribution in [-0.4, -0.2) is 48.2 Å². The summed E-state index contributed by atoms with van der Waals surface area (Å²) in [6, 6.07) is 14.8. The number of nitrogens with zero attached hydrogens (tertiary/aromatic N) is 3. The molecule has 0 spiro atoms. The van der Waals surface area contributed by atoms with Gasteiger partial charge < -0.3 is 19.5 Å². The first-order valence-electron chi connectivity index (χ1n) is 10.6. The molecule has 0 aliphatic carbocycles. The molecule has 2 aromatic carbocycles. The zero-order valence-corrected chi connectivity index (χ0v) is 20.5. The second kappa shape index (κ2) is 11.9. The molecule has 0 amide bonds. The van der Waals surface area contributed by atoms with Crippen LogP contribution in [-0.2, 0) is 33.4 Å². The standard InChI is InChI=1S/C24H27FN4O3S2/c1-3-13-28(23(33)27-21-11-9-20(25)10-12-21)17-22-16-26-24(29(22)14-15-32-2)34(30,31)18-19-7-5-4-6-8-19/h3-12,16H,1,13-15,17-18H2,2H3,(H,27,33). The first kappa shape index (κ1) is 25.5. The minimum Gasteiger partial charge on any atom is -0.383 e. The van der Waals surface area contributed by atoms with Gasteiger partial charge in [0.25, 0.3) is 0 Å². The van der Waals surface area contributed by atoms with Crippen LogP contribution in [0.1, 0.15) is 11.3 Å². The molecule has 3 rings (SSSR count). The summed E-state index contributed by atoms with van der Waals surface area (Å²) < 4.78 is 46.5. The van der Waals surface area contributed by atoms with Crippen molar-refractivity contribution in [1.82, 2.24) is 14.5 Å². The Morgan fingerprint density at radius 1 is 1.24 bits per heavy atom. The molecule has 180 valence electrons. The van der Waals surface area contributed by atoms with E-state index in [0.29, 0.717) is 41.8 Å². The Bertz CT molecular complexity index is 1210. The van der Waals surface area contributed by atoms with Gasteiger partial charge in [-0.1, -0.05) is 36.4 Å². The molecule has 3 aromatic rings. The van der Waals surface area contributed by atoms with E-state index in [1.165, 1.54) is 12.1 Å². The number of nitrogens with one attached hydrogen (secondary N) is 1. The summed E-state index contributed by atoms with van der Waals surface area (Å²) in [7, 11) is -2.14. The van der Waals surface area contributed by atoms with Crippen LogP contribution in [0.5, 0.6) is 0 Å². The molecule has 1 N–H and O–H groups in total. The van der Waals surface area contributed by atoms with Crippen molar-refractivity contribution in [1.29, 1.82) is 0 Å². The molecule has 0 radical (unpaired) electrons. The van der Waals surface area contributed by atoms with Crippen molar-refractivity contribution < 1.29 is 17.5 Å². The van der Waals surface area contributed by atoms with Crippen LogP contribution in [0.15, 0.2) is 78.6 Å². The average Bonchev–Trinajstić information content (AvgIpc) is 3.22. The van der Waals surface area contributed by atoms with Crippen LogP contribution in [0.4, 0.5) is 10.1 Å². The predicted molar refractivity (Wildman–Crippen MR) is 135 cm³/mol. The summed E-state index contributed by atoms with van der Waals surface area (Å²) in [6.07, 6.45) is 3.24. The van der Waals surface area contributed by atoms with Crippen molar-refractivity contribution in [3.8, 4) is 0 Å². The van der Waals surface area contributed by atoms with E-state index in [1.807, 2.05) is 11.0 Å². The lowest BCUT2D eigenvalue weighted by atomic mass is 10.2. The average molecular weight is 503 g/mol. The van der Waals surface area contributed by atoms with Gasteiger partial charge in [-0.05, 0) is 42.0 Å². The molecule has 34 heavy (non-hydrogen) atoms. The Morgan fingerprint density at radius 2 is 1.94 bits per heavy atom. The zero-order chi connectivity index (χ0) is 24.6. The summed E-state index contributed by atoms with van der Waals surface area (Å²) in [5.41, 5.74) is 1.98. The Morgan fingerprint density at radius 3 is 2.59 bits per heavy atom. The topological polar surface area (TPSA) is 76.5 Å². The maximum absolute atomic E-state index is 13.2. The minimum absolute atomic E-state index is 0.0145. The van der Waals surface area contributed by atoms with E-state index in [1.54, 1.807) is 60.3 Å². The van der Waals surface area contributed by atoms with E-state index < -0.39 is 9.84 Å². The highest BCUT2D eigenvalue weighted by molar-refractivity contribution is 7.90. The van der Waals surface area contributed by atoms with Crippen molar-refractivity contribution >= 4 is 32.9 Å². The monoisotopic (exact) mass is 502 g/mol. The van der Waals surface area contributed by atoms with E-state index in [9.17, 15) is 12.8 Å². The normalized spacial score (nSPS) is 11.2.